The molecule has 0 saturated heterocycles. The van der Waals surface area contributed by atoms with Crippen molar-refractivity contribution < 1.29 is 8.83 Å². The van der Waals surface area contributed by atoms with E-state index >= 15 is 0 Å². The molecule has 0 spiro atoms. The van der Waals surface area contributed by atoms with E-state index in [2.05, 4.69) is 385 Å². The second-order valence-electron chi connectivity index (χ2n) is 43.0. The summed E-state index contributed by atoms with van der Waals surface area (Å²) < 4.78 is 19.0. The molecular weight excluding hydrogens is 1690 g/mol. The second kappa shape index (κ2) is 30.8. The highest BCUT2D eigenvalue weighted by Crippen LogP contribution is 2.65. The Hall–Kier alpha value is -13.5. The van der Waals surface area contributed by atoms with Crippen molar-refractivity contribution in [3.8, 4) is 122 Å². The van der Waals surface area contributed by atoms with Gasteiger partial charge in [0.25, 0.3) is 0 Å². The molecule has 4 heterocycles. The van der Waals surface area contributed by atoms with Gasteiger partial charge in [0.05, 0.1) is 0 Å². The van der Waals surface area contributed by atoms with Crippen LogP contribution in [0.5, 0.6) is 0 Å². The Labute approximate surface area is 810 Å². The van der Waals surface area contributed by atoms with Crippen molar-refractivity contribution in [2.24, 2.45) is 0 Å². The molecule has 0 fully saturated rings. The summed E-state index contributed by atoms with van der Waals surface area (Å²) in [6, 6.07) is 123. The van der Waals surface area contributed by atoms with E-state index in [1.54, 1.807) is 11.1 Å². The van der Waals surface area contributed by atoms with Gasteiger partial charge in [-0.05, 0) is 334 Å². The molecule has 5 aliphatic carbocycles. The fourth-order valence-corrected chi connectivity index (χ4v) is 28.9. The number of hydrogen-bond acceptors (Lipinski definition) is 4. The normalized spacial score (nSPS) is 15.1. The first kappa shape index (κ1) is 82.9. The maximum atomic E-state index is 6.92. The lowest BCUT2D eigenvalue weighted by molar-refractivity contribution is 0.398. The number of fused-ring (bicyclic) bond motifs is 31. The van der Waals surface area contributed by atoms with Gasteiger partial charge in [-0.3, -0.25) is 0 Å². The number of benzene rings is 18. The van der Waals surface area contributed by atoms with Gasteiger partial charge in [-0.1, -0.05) is 340 Å². The summed E-state index contributed by atoms with van der Waals surface area (Å²) in [5.74, 6) is 0. The SMILES string of the molecule is CCCCCCCCC1(CCCCCCCC)c2cc3c(cc2-c2cc4c(cc21)-c1c(cc(-c2ccc5oc6cc(-c7ccc8c(c7)sc7cc(-c9ccc%10c(c9)C(C)(C)c9ccccc9-%10)ccc78)ccc6c5c2)c2ccccc12)C4(C)C)C(C)(C)c1cc(-c2ccc4oc5cc(-c6ccc7c(c6)sc6cc(-c8ccc9c(c8)C(C)(C)c8ccccc8-9)ccc67)ccc5c4c2)c2ccccc2c1-3. The topological polar surface area (TPSA) is 26.3 Å². The highest BCUT2D eigenvalue weighted by molar-refractivity contribution is 7.26. The van der Waals surface area contributed by atoms with Gasteiger partial charge in [0, 0.05) is 89.0 Å². The van der Waals surface area contributed by atoms with E-state index in [0.717, 1.165) is 67.8 Å². The molecule has 4 aromatic heterocycles. The first-order valence-electron chi connectivity index (χ1n) is 50.7. The zero-order valence-corrected chi connectivity index (χ0v) is 81.7. The third-order valence-corrected chi connectivity index (χ3v) is 36.1. The number of thiophene rings is 2. The summed E-state index contributed by atoms with van der Waals surface area (Å²) in [6.07, 6.45) is 17.5. The second-order valence-corrected chi connectivity index (χ2v) is 45.2. The van der Waals surface area contributed by atoms with E-state index in [1.165, 1.54) is 295 Å². The van der Waals surface area contributed by atoms with Crippen molar-refractivity contribution >= 4 is 128 Å². The monoisotopic (exact) mass is 1800 g/mol. The Morgan fingerprint density at radius 3 is 0.891 bits per heavy atom. The fourth-order valence-electron chi connectivity index (χ4n) is 26.5. The molecule has 666 valence electrons. The molecule has 5 aliphatic rings. The quantitative estimate of drug-likeness (QED) is 0.0711. The van der Waals surface area contributed by atoms with Gasteiger partial charge in [0.15, 0.2) is 0 Å². The molecule has 0 atom stereocenters. The number of unbranched alkanes of at least 4 members (excludes halogenated alkanes) is 10. The van der Waals surface area contributed by atoms with Gasteiger partial charge in [-0.15, -0.1) is 22.7 Å². The minimum absolute atomic E-state index is 0.0464. The Bertz CT molecular complexity index is 8440. The van der Waals surface area contributed by atoms with Gasteiger partial charge < -0.3 is 8.83 Å². The lowest BCUT2D eigenvalue weighted by Crippen LogP contribution is -2.26. The van der Waals surface area contributed by atoms with E-state index in [0.29, 0.717) is 0 Å². The molecule has 0 unspecified atom stereocenters. The fraction of sp³-hybridized carbons (Fsp3) is 0.218. The van der Waals surface area contributed by atoms with Gasteiger partial charge in [0.2, 0.25) is 0 Å². The Morgan fingerprint density at radius 1 is 0.190 bits per heavy atom. The molecule has 2 nitrogen and oxygen atoms in total. The van der Waals surface area contributed by atoms with Crippen LogP contribution in [0, 0.1) is 0 Å². The molecule has 4 heteroatoms. The average molecular weight is 1800 g/mol. The third kappa shape index (κ3) is 12.4. The maximum absolute atomic E-state index is 6.92. The van der Waals surface area contributed by atoms with Crippen molar-refractivity contribution in [1.82, 2.24) is 0 Å². The minimum Gasteiger partial charge on any atom is -0.456 e. The molecule has 0 radical (unpaired) electrons. The molecule has 22 aromatic rings. The standard InChI is InChI=1S/C133H110O2S2/c1-11-13-15-17-19-29-59-133(60-30-20-18-16-14-12-2)115-75-107-113(131(7,8)117-71-101(87-31-21-23-35-99(87)127(107)117)85-47-57-119-105(61-85)93-51-41-79(65-121(93)134-119)83-45-55-97-95-53-43-81(67-123(95)136-125(97)69-83)77-39-49-91-89-33-25-27-37-109(89)129(3,4)111(91)63-77)73-103(115)104-74-114-108(76-116(104)133)128-100-36-24-22-32-88(100)102(72-118(128)132(114,9)10)86-48-58-120-106(62-86)94-52-42-80(66-122(94)135-120)84-46-56-98-96-54-44-82(68-124(96)137-126(98)70-84)78-40-50-92-90-34-26-28-38-110(90)130(5,6)112(92)64-78/h21-28,31-58,61-76H,11-20,29-30,59-60H2,1-10H3. The molecule has 27 rings (SSSR count). The molecule has 0 bridgehead atoms. The van der Waals surface area contributed by atoms with Crippen molar-refractivity contribution in [3.05, 3.63) is 371 Å². The van der Waals surface area contributed by atoms with Gasteiger partial charge >= 0.3 is 0 Å². The molecular formula is C133H110O2S2. The van der Waals surface area contributed by atoms with E-state index in [9.17, 15) is 0 Å². The average Bonchev–Trinajstić information content (AvgIpc) is 1.51. The highest BCUT2D eigenvalue weighted by atomic mass is 32.1. The van der Waals surface area contributed by atoms with Gasteiger partial charge in [0.1, 0.15) is 22.3 Å². The number of rotatable bonds is 20. The Balaban J connectivity index is 0.520. The molecule has 0 saturated carbocycles. The largest absolute Gasteiger partial charge is 0.456 e. The van der Waals surface area contributed by atoms with Crippen LogP contribution in [0.4, 0.5) is 0 Å². The van der Waals surface area contributed by atoms with Crippen LogP contribution in [0.15, 0.2) is 324 Å². The zero-order chi connectivity index (χ0) is 92.0. The van der Waals surface area contributed by atoms with Crippen LogP contribution >= 0.6 is 22.7 Å². The van der Waals surface area contributed by atoms with Crippen molar-refractivity contribution in [2.75, 3.05) is 0 Å². The molecule has 0 amide bonds. The van der Waals surface area contributed by atoms with Crippen LogP contribution in [-0.4, -0.2) is 0 Å². The predicted octanol–water partition coefficient (Wildman–Crippen LogP) is 39.5. The van der Waals surface area contributed by atoms with Crippen molar-refractivity contribution in [3.63, 3.8) is 0 Å². The van der Waals surface area contributed by atoms with Gasteiger partial charge in [-0.25, -0.2) is 0 Å². The van der Waals surface area contributed by atoms with Crippen LogP contribution < -0.4 is 0 Å². The first-order valence-corrected chi connectivity index (χ1v) is 52.3. The maximum Gasteiger partial charge on any atom is 0.136 e. The van der Waals surface area contributed by atoms with Crippen molar-refractivity contribution in [2.45, 2.75) is 186 Å². The molecule has 18 aromatic carbocycles. The van der Waals surface area contributed by atoms with Crippen LogP contribution in [-0.2, 0) is 27.1 Å². The van der Waals surface area contributed by atoms with Crippen LogP contribution in [0.1, 0.15) is 215 Å². The van der Waals surface area contributed by atoms with E-state index in [4.69, 9.17) is 8.83 Å². The lowest BCUT2D eigenvalue weighted by Gasteiger charge is -2.34. The summed E-state index contributed by atoms with van der Waals surface area (Å²) in [6.45, 7) is 24.3. The number of hydrogen-bond donors (Lipinski definition) is 0. The first-order chi connectivity index (χ1) is 66.8. The summed E-state index contributed by atoms with van der Waals surface area (Å²) in [5, 5.41) is 15.0. The molecule has 0 N–H and O–H groups in total. The highest BCUT2D eigenvalue weighted by Gasteiger charge is 2.50. The van der Waals surface area contributed by atoms with E-state index in [1.807, 2.05) is 22.7 Å². The van der Waals surface area contributed by atoms with E-state index < -0.39 is 0 Å². The smallest absolute Gasteiger partial charge is 0.136 e. The molecule has 137 heavy (non-hydrogen) atoms. The Morgan fingerprint density at radius 2 is 0.489 bits per heavy atom. The third-order valence-electron chi connectivity index (χ3n) is 33.9. The summed E-state index contributed by atoms with van der Waals surface area (Å²) in [7, 11) is 0. The zero-order valence-electron chi connectivity index (χ0n) is 80.1. The number of furan rings is 2. The van der Waals surface area contributed by atoms with Crippen LogP contribution in [0.2, 0.25) is 0 Å². The minimum atomic E-state index is -0.308. The summed E-state index contributed by atoms with van der Waals surface area (Å²) >= 11 is 3.79. The van der Waals surface area contributed by atoms with E-state index in [-0.39, 0.29) is 27.1 Å². The summed E-state index contributed by atoms with van der Waals surface area (Å²) in [5.41, 5.74) is 45.9. The Kier molecular flexibility index (Phi) is 18.6. The predicted molar refractivity (Wildman–Crippen MR) is 587 cm³/mol. The van der Waals surface area contributed by atoms with Gasteiger partial charge in [-0.2, -0.15) is 0 Å². The lowest BCUT2D eigenvalue weighted by atomic mass is 9.69. The van der Waals surface area contributed by atoms with Crippen LogP contribution in [0.3, 0.4) is 0 Å². The molecule has 0 aliphatic heterocycles. The van der Waals surface area contributed by atoms with Crippen molar-refractivity contribution in [1.29, 1.82) is 0 Å². The summed E-state index contributed by atoms with van der Waals surface area (Å²) in [4.78, 5) is 0. The van der Waals surface area contributed by atoms with Crippen LogP contribution in [0.25, 0.3) is 228 Å².